The third kappa shape index (κ3) is 2.58. The first-order chi connectivity index (χ1) is 6.25. The normalized spacial score (nSPS) is 9.50. The van der Waals surface area contributed by atoms with Gasteiger partial charge in [0.2, 0.25) is 0 Å². The highest BCUT2D eigenvalue weighted by Gasteiger charge is 2.01. The van der Waals surface area contributed by atoms with Crippen LogP contribution in [0.1, 0.15) is 0 Å². The van der Waals surface area contributed by atoms with Crippen LogP contribution in [0.5, 0.6) is 0 Å². The molecule has 0 saturated carbocycles. The summed E-state index contributed by atoms with van der Waals surface area (Å²) in [6.45, 7) is 0. The SMILES string of the molecule is [Cl-].[NH2+]=c1cc(-c2ccc(Cl)cc2)ss1. The highest BCUT2D eigenvalue weighted by molar-refractivity contribution is 7.69. The van der Waals surface area contributed by atoms with Crippen LogP contribution in [0, 0.1) is 0 Å². The molecular weight excluding hydrogens is 257 g/mol. The predicted octanol–water partition coefficient (Wildman–Crippen LogP) is -1.21. The van der Waals surface area contributed by atoms with Crippen molar-refractivity contribution in [1.82, 2.24) is 0 Å². The van der Waals surface area contributed by atoms with E-state index in [1.54, 1.807) is 20.7 Å². The van der Waals surface area contributed by atoms with Crippen LogP contribution in [0.3, 0.4) is 0 Å². The third-order valence-corrected chi connectivity index (χ3v) is 4.17. The van der Waals surface area contributed by atoms with E-state index in [1.165, 1.54) is 10.4 Å². The molecule has 0 bridgehead atoms. The summed E-state index contributed by atoms with van der Waals surface area (Å²) in [7, 11) is 3.27. The van der Waals surface area contributed by atoms with Crippen molar-refractivity contribution in [3.05, 3.63) is 40.0 Å². The molecule has 1 heterocycles. The molecule has 0 aliphatic rings. The number of hydrogen-bond acceptors (Lipinski definition) is 2. The van der Waals surface area contributed by atoms with Gasteiger partial charge in [-0.15, -0.1) is 0 Å². The standard InChI is InChI=1S/C9H6ClNS2.ClH/c10-7-3-1-6(2-4-7)8-5-9(11)13-12-8;/h1-5,11H;1H. The molecule has 0 fully saturated rings. The average Bonchev–Trinajstić information content (AvgIpc) is 2.53. The summed E-state index contributed by atoms with van der Waals surface area (Å²) in [6, 6.07) is 9.76. The fourth-order valence-electron chi connectivity index (χ4n) is 1.02. The Bertz CT molecular complexity index is 458. The molecule has 1 aromatic carbocycles. The van der Waals surface area contributed by atoms with E-state index in [9.17, 15) is 0 Å². The van der Waals surface area contributed by atoms with Gasteiger partial charge in [0.05, 0.1) is 4.88 Å². The van der Waals surface area contributed by atoms with E-state index in [1.807, 2.05) is 30.3 Å². The molecule has 0 aliphatic heterocycles. The van der Waals surface area contributed by atoms with Gasteiger partial charge in [-0.1, -0.05) is 34.1 Å². The van der Waals surface area contributed by atoms with Gasteiger partial charge in [0.15, 0.2) is 0 Å². The summed E-state index contributed by atoms with van der Waals surface area (Å²) in [6.07, 6.45) is 0. The van der Waals surface area contributed by atoms with Gasteiger partial charge in [-0.25, -0.2) is 5.41 Å². The maximum absolute atomic E-state index is 5.79. The van der Waals surface area contributed by atoms with Crippen molar-refractivity contribution in [3.8, 4) is 10.4 Å². The zero-order valence-electron chi connectivity index (χ0n) is 7.04. The van der Waals surface area contributed by atoms with Gasteiger partial charge in [0.25, 0.3) is 4.67 Å². The minimum absolute atomic E-state index is 0. The second-order valence-electron chi connectivity index (χ2n) is 2.58. The van der Waals surface area contributed by atoms with Gasteiger partial charge >= 0.3 is 0 Å². The zero-order chi connectivity index (χ0) is 9.26. The van der Waals surface area contributed by atoms with Crippen LogP contribution in [-0.2, 0) is 0 Å². The van der Waals surface area contributed by atoms with E-state index in [2.05, 4.69) is 0 Å². The predicted molar refractivity (Wildman–Crippen MR) is 57.7 cm³/mol. The van der Waals surface area contributed by atoms with E-state index in [-0.39, 0.29) is 12.4 Å². The van der Waals surface area contributed by atoms with Crippen molar-refractivity contribution in [2.45, 2.75) is 0 Å². The lowest BCUT2D eigenvalue weighted by atomic mass is 10.2. The van der Waals surface area contributed by atoms with E-state index >= 15 is 0 Å². The summed E-state index contributed by atoms with van der Waals surface area (Å²) in [5.74, 6) is 0. The number of rotatable bonds is 1. The van der Waals surface area contributed by atoms with Crippen LogP contribution in [0.15, 0.2) is 30.3 Å². The van der Waals surface area contributed by atoms with Crippen LogP contribution in [0.4, 0.5) is 0 Å². The van der Waals surface area contributed by atoms with Gasteiger partial charge in [-0.3, -0.25) is 0 Å². The molecule has 1 aromatic heterocycles. The molecule has 0 saturated heterocycles. The second kappa shape index (κ2) is 4.94. The molecule has 2 aromatic rings. The quantitative estimate of drug-likeness (QED) is 0.626. The van der Waals surface area contributed by atoms with Crippen LogP contribution < -0.4 is 22.5 Å². The van der Waals surface area contributed by atoms with Crippen molar-refractivity contribution in [2.24, 2.45) is 0 Å². The largest absolute Gasteiger partial charge is 1.00 e. The first kappa shape index (κ1) is 11.7. The molecule has 0 radical (unpaired) electrons. The van der Waals surface area contributed by atoms with E-state index in [0.717, 1.165) is 9.69 Å². The molecule has 74 valence electrons. The van der Waals surface area contributed by atoms with Gasteiger partial charge in [0, 0.05) is 11.1 Å². The number of benzene rings is 1. The van der Waals surface area contributed by atoms with E-state index < -0.39 is 0 Å². The maximum atomic E-state index is 5.79. The number of halogens is 2. The zero-order valence-corrected chi connectivity index (χ0v) is 10.2. The van der Waals surface area contributed by atoms with Crippen molar-refractivity contribution >= 4 is 32.3 Å². The topological polar surface area (TPSA) is 25.6 Å². The molecular formula is C9H7Cl2NS2. The van der Waals surface area contributed by atoms with Gasteiger partial charge in [-0.05, 0) is 28.0 Å². The molecule has 1 nitrogen and oxygen atoms in total. The smallest absolute Gasteiger partial charge is 0.264 e. The first-order valence-corrected chi connectivity index (χ1v) is 6.23. The Balaban J connectivity index is 0.000000980. The molecule has 0 aliphatic carbocycles. The van der Waals surface area contributed by atoms with Gasteiger partial charge < -0.3 is 12.4 Å². The maximum Gasteiger partial charge on any atom is 0.264 e. The number of hydrogen-bond donors (Lipinski definition) is 1. The molecule has 0 amide bonds. The summed E-state index contributed by atoms with van der Waals surface area (Å²) in [4.78, 5) is 1.19. The summed E-state index contributed by atoms with van der Waals surface area (Å²) in [5.41, 5.74) is 1.17. The van der Waals surface area contributed by atoms with Gasteiger partial charge in [-0.2, -0.15) is 0 Å². The van der Waals surface area contributed by atoms with Crippen LogP contribution in [0.25, 0.3) is 10.4 Å². The fraction of sp³-hybridized carbons (Fsp3) is 0. The molecule has 0 atom stereocenters. The van der Waals surface area contributed by atoms with Crippen LogP contribution in [0.2, 0.25) is 5.02 Å². The molecule has 14 heavy (non-hydrogen) atoms. The van der Waals surface area contributed by atoms with Crippen molar-refractivity contribution in [1.29, 1.82) is 0 Å². The van der Waals surface area contributed by atoms with E-state index in [0.29, 0.717) is 0 Å². The van der Waals surface area contributed by atoms with Gasteiger partial charge in [0.1, 0.15) is 0 Å². The van der Waals surface area contributed by atoms with Crippen molar-refractivity contribution in [2.75, 3.05) is 0 Å². The monoisotopic (exact) mass is 263 g/mol. The van der Waals surface area contributed by atoms with Crippen LogP contribution >= 0.6 is 32.3 Å². The van der Waals surface area contributed by atoms with E-state index in [4.69, 9.17) is 17.0 Å². The lowest BCUT2D eigenvalue weighted by molar-refractivity contribution is -0.166. The lowest BCUT2D eigenvalue weighted by Crippen LogP contribution is -3.00. The highest BCUT2D eigenvalue weighted by Crippen LogP contribution is 2.25. The minimum atomic E-state index is 0. The average molecular weight is 264 g/mol. The first-order valence-electron chi connectivity index (χ1n) is 3.70. The highest BCUT2D eigenvalue weighted by atomic mass is 35.5. The Morgan fingerprint density at radius 2 is 1.71 bits per heavy atom. The Kier molecular flexibility index (Phi) is 4.13. The van der Waals surface area contributed by atoms with Crippen molar-refractivity contribution < 1.29 is 17.8 Å². The second-order valence-corrected chi connectivity index (χ2v) is 5.27. The summed E-state index contributed by atoms with van der Waals surface area (Å²) >= 11 is 5.79. The molecule has 2 N–H and O–H groups in total. The third-order valence-electron chi connectivity index (χ3n) is 1.63. The molecule has 2 rings (SSSR count). The lowest BCUT2D eigenvalue weighted by Gasteiger charge is -1.94. The summed E-state index contributed by atoms with van der Waals surface area (Å²) < 4.78 is 0.856. The Labute approximate surface area is 100 Å². The Morgan fingerprint density at radius 3 is 2.21 bits per heavy atom. The Morgan fingerprint density at radius 1 is 1.07 bits per heavy atom. The molecule has 0 spiro atoms. The number of nitrogens with two attached hydrogens (primary N) is 1. The van der Waals surface area contributed by atoms with Crippen molar-refractivity contribution in [3.63, 3.8) is 0 Å². The molecule has 0 unspecified atom stereocenters. The summed E-state index contributed by atoms with van der Waals surface area (Å²) in [5, 5.41) is 6.41. The van der Waals surface area contributed by atoms with Crippen LogP contribution in [-0.4, -0.2) is 0 Å². The Hall–Kier alpha value is -0.350. The minimum Gasteiger partial charge on any atom is -1.00 e. The fourth-order valence-corrected chi connectivity index (χ4v) is 3.11. The molecule has 5 heteroatoms.